The standard InChI is InChI=1S/C16H21NO4/c1-3-21-10-14-5-4-6-17(14)15(18)12-7-11(2)8-13(9-12)16(19)20/h7-9,14H,3-6,10H2,1-2H3,(H,19,20)/t14-/m1/s1. The highest BCUT2D eigenvalue weighted by Gasteiger charge is 2.29. The van der Waals surface area contributed by atoms with Crippen molar-refractivity contribution in [1.29, 1.82) is 0 Å². The molecule has 0 radical (unpaired) electrons. The van der Waals surface area contributed by atoms with E-state index in [-0.39, 0.29) is 17.5 Å². The molecule has 1 fully saturated rings. The first kappa shape index (κ1) is 15.5. The molecule has 1 aromatic rings. The summed E-state index contributed by atoms with van der Waals surface area (Å²) in [5, 5.41) is 9.10. The molecule has 0 bridgehead atoms. The smallest absolute Gasteiger partial charge is 0.335 e. The number of rotatable bonds is 5. The maximum absolute atomic E-state index is 12.6. The number of benzene rings is 1. The number of carbonyl (C=O) groups is 2. The Morgan fingerprint density at radius 3 is 2.71 bits per heavy atom. The van der Waals surface area contributed by atoms with Crippen molar-refractivity contribution in [3.63, 3.8) is 0 Å². The highest BCUT2D eigenvalue weighted by Crippen LogP contribution is 2.21. The predicted octanol–water partition coefficient (Wildman–Crippen LogP) is 2.33. The van der Waals surface area contributed by atoms with Gasteiger partial charge in [0, 0.05) is 18.7 Å². The summed E-state index contributed by atoms with van der Waals surface area (Å²) >= 11 is 0. The first-order valence-electron chi connectivity index (χ1n) is 7.26. The molecule has 1 aromatic carbocycles. The van der Waals surface area contributed by atoms with E-state index in [0.29, 0.717) is 25.3 Å². The third kappa shape index (κ3) is 3.61. The minimum atomic E-state index is -1.01. The number of likely N-dealkylation sites (tertiary alicyclic amines) is 1. The van der Waals surface area contributed by atoms with E-state index in [1.807, 2.05) is 6.92 Å². The number of nitrogens with zero attached hydrogens (tertiary/aromatic N) is 1. The van der Waals surface area contributed by atoms with Gasteiger partial charge in [-0.05, 0) is 50.5 Å². The molecule has 0 spiro atoms. The van der Waals surface area contributed by atoms with Crippen LogP contribution in [0.2, 0.25) is 0 Å². The van der Waals surface area contributed by atoms with E-state index in [0.717, 1.165) is 18.4 Å². The molecule has 1 aliphatic heterocycles. The lowest BCUT2D eigenvalue weighted by molar-refractivity contribution is 0.0564. The van der Waals surface area contributed by atoms with Crippen LogP contribution in [0.1, 0.15) is 46.0 Å². The molecule has 5 nitrogen and oxygen atoms in total. The molecule has 114 valence electrons. The Bertz CT molecular complexity index is 541. The van der Waals surface area contributed by atoms with Crippen LogP contribution in [0.4, 0.5) is 0 Å². The molecule has 21 heavy (non-hydrogen) atoms. The number of hydrogen-bond acceptors (Lipinski definition) is 3. The molecule has 5 heteroatoms. The monoisotopic (exact) mass is 291 g/mol. The third-order valence-corrected chi connectivity index (χ3v) is 3.72. The van der Waals surface area contributed by atoms with Crippen molar-refractivity contribution in [2.75, 3.05) is 19.8 Å². The van der Waals surface area contributed by atoms with E-state index in [2.05, 4.69) is 0 Å². The number of hydrogen-bond donors (Lipinski definition) is 1. The Balaban J connectivity index is 2.21. The molecule has 0 saturated carbocycles. The van der Waals surface area contributed by atoms with E-state index in [4.69, 9.17) is 9.84 Å². The normalized spacial score (nSPS) is 18.0. The van der Waals surface area contributed by atoms with Crippen molar-refractivity contribution >= 4 is 11.9 Å². The molecule has 0 unspecified atom stereocenters. The second kappa shape index (κ2) is 6.72. The summed E-state index contributed by atoms with van der Waals surface area (Å²) in [5.74, 6) is -1.12. The fourth-order valence-corrected chi connectivity index (χ4v) is 2.73. The van der Waals surface area contributed by atoms with Crippen LogP contribution >= 0.6 is 0 Å². The number of aromatic carboxylic acids is 1. The number of amides is 1. The molecule has 1 atom stereocenters. The van der Waals surface area contributed by atoms with Crippen LogP contribution in [0, 0.1) is 6.92 Å². The number of carboxylic acids is 1. The first-order chi connectivity index (χ1) is 10.0. The zero-order valence-electron chi connectivity index (χ0n) is 12.5. The largest absolute Gasteiger partial charge is 0.478 e. The average molecular weight is 291 g/mol. The maximum Gasteiger partial charge on any atom is 0.335 e. The molecule has 0 aromatic heterocycles. The Morgan fingerprint density at radius 2 is 2.05 bits per heavy atom. The molecule has 1 amide bonds. The number of carbonyl (C=O) groups excluding carboxylic acids is 1. The Morgan fingerprint density at radius 1 is 1.33 bits per heavy atom. The van der Waals surface area contributed by atoms with Gasteiger partial charge in [0.1, 0.15) is 0 Å². The second-order valence-corrected chi connectivity index (χ2v) is 5.35. The molecular formula is C16H21NO4. The maximum atomic E-state index is 12.6. The third-order valence-electron chi connectivity index (χ3n) is 3.72. The van der Waals surface area contributed by atoms with E-state index >= 15 is 0 Å². The summed E-state index contributed by atoms with van der Waals surface area (Å²) in [6.45, 7) is 5.60. The SMILES string of the molecule is CCOC[C@H]1CCCN1C(=O)c1cc(C)cc(C(=O)O)c1. The Hall–Kier alpha value is -1.88. The summed E-state index contributed by atoms with van der Waals surface area (Å²) < 4.78 is 5.43. The molecule has 1 saturated heterocycles. The van der Waals surface area contributed by atoms with Crippen molar-refractivity contribution in [3.8, 4) is 0 Å². The van der Waals surface area contributed by atoms with Gasteiger partial charge in [0.25, 0.3) is 5.91 Å². The van der Waals surface area contributed by atoms with E-state index in [9.17, 15) is 9.59 Å². The van der Waals surface area contributed by atoms with Gasteiger partial charge in [0.2, 0.25) is 0 Å². The topological polar surface area (TPSA) is 66.8 Å². The highest BCUT2D eigenvalue weighted by atomic mass is 16.5. The number of carboxylic acid groups (broad SMARTS) is 1. The second-order valence-electron chi connectivity index (χ2n) is 5.35. The van der Waals surface area contributed by atoms with Crippen LogP contribution in [-0.2, 0) is 4.74 Å². The molecule has 1 heterocycles. The highest BCUT2D eigenvalue weighted by molar-refractivity contribution is 5.98. The van der Waals surface area contributed by atoms with Gasteiger partial charge in [-0.25, -0.2) is 4.79 Å². The fourth-order valence-electron chi connectivity index (χ4n) is 2.73. The van der Waals surface area contributed by atoms with E-state index in [1.54, 1.807) is 24.0 Å². The summed E-state index contributed by atoms with van der Waals surface area (Å²) in [4.78, 5) is 25.5. The number of aryl methyl sites for hydroxylation is 1. The average Bonchev–Trinajstić information content (AvgIpc) is 2.91. The molecule has 2 rings (SSSR count). The van der Waals surface area contributed by atoms with Crippen LogP contribution in [-0.4, -0.2) is 47.7 Å². The van der Waals surface area contributed by atoms with E-state index in [1.165, 1.54) is 6.07 Å². The molecule has 1 aliphatic rings. The summed E-state index contributed by atoms with van der Waals surface area (Å²) in [6, 6.07) is 4.85. The fraction of sp³-hybridized carbons (Fsp3) is 0.500. The van der Waals surface area contributed by atoms with Gasteiger partial charge in [-0.15, -0.1) is 0 Å². The van der Waals surface area contributed by atoms with Crippen molar-refractivity contribution in [3.05, 3.63) is 34.9 Å². The van der Waals surface area contributed by atoms with Crippen LogP contribution in [0.3, 0.4) is 0 Å². The van der Waals surface area contributed by atoms with Crippen LogP contribution in [0.5, 0.6) is 0 Å². The van der Waals surface area contributed by atoms with Gasteiger partial charge in [0.05, 0.1) is 18.2 Å². The molecule has 0 aliphatic carbocycles. The van der Waals surface area contributed by atoms with Crippen molar-refractivity contribution in [2.45, 2.75) is 32.7 Å². The first-order valence-corrected chi connectivity index (χ1v) is 7.26. The van der Waals surface area contributed by atoms with Crippen molar-refractivity contribution in [2.24, 2.45) is 0 Å². The molecule has 1 N–H and O–H groups in total. The minimum absolute atomic E-state index is 0.0891. The Labute approximate surface area is 124 Å². The van der Waals surface area contributed by atoms with Gasteiger partial charge in [-0.1, -0.05) is 0 Å². The summed E-state index contributed by atoms with van der Waals surface area (Å²) in [6.07, 6.45) is 1.89. The summed E-state index contributed by atoms with van der Waals surface area (Å²) in [7, 11) is 0. The van der Waals surface area contributed by atoms with Crippen LogP contribution in [0.25, 0.3) is 0 Å². The number of ether oxygens (including phenoxy) is 1. The molecular weight excluding hydrogens is 270 g/mol. The van der Waals surface area contributed by atoms with E-state index < -0.39 is 5.97 Å². The van der Waals surface area contributed by atoms with Gasteiger partial charge in [-0.2, -0.15) is 0 Å². The van der Waals surface area contributed by atoms with Crippen LogP contribution in [0.15, 0.2) is 18.2 Å². The van der Waals surface area contributed by atoms with Crippen molar-refractivity contribution in [1.82, 2.24) is 4.90 Å². The Kier molecular flexibility index (Phi) is 4.96. The lowest BCUT2D eigenvalue weighted by Gasteiger charge is -2.24. The minimum Gasteiger partial charge on any atom is -0.478 e. The lowest BCUT2D eigenvalue weighted by Crippen LogP contribution is -2.38. The predicted molar refractivity (Wildman–Crippen MR) is 78.7 cm³/mol. The lowest BCUT2D eigenvalue weighted by atomic mass is 10.1. The van der Waals surface area contributed by atoms with Gasteiger partial charge in [-0.3, -0.25) is 4.79 Å². The van der Waals surface area contributed by atoms with Crippen LogP contribution < -0.4 is 0 Å². The zero-order chi connectivity index (χ0) is 15.4. The quantitative estimate of drug-likeness (QED) is 0.904. The zero-order valence-corrected chi connectivity index (χ0v) is 12.5. The summed E-state index contributed by atoms with van der Waals surface area (Å²) in [5.41, 5.74) is 1.37. The van der Waals surface area contributed by atoms with Gasteiger partial charge < -0.3 is 14.7 Å². The van der Waals surface area contributed by atoms with Gasteiger partial charge >= 0.3 is 5.97 Å². The van der Waals surface area contributed by atoms with Crippen molar-refractivity contribution < 1.29 is 19.4 Å². The van der Waals surface area contributed by atoms with Gasteiger partial charge in [0.15, 0.2) is 0 Å².